The van der Waals surface area contributed by atoms with Crippen LogP contribution >= 0.6 is 22.9 Å². The number of thiophene rings is 1. The SMILES string of the molecule is CC(=O)Nc1ccc(-n2nc(C(=O)N3CCNCC3)c3c2-c2ccsc2CC3)c(Cl)c1. The summed E-state index contributed by atoms with van der Waals surface area (Å²) < 4.78 is 1.80. The van der Waals surface area contributed by atoms with Crippen LogP contribution in [0.15, 0.2) is 29.6 Å². The van der Waals surface area contributed by atoms with Gasteiger partial charge in [0.15, 0.2) is 5.69 Å². The van der Waals surface area contributed by atoms with Gasteiger partial charge in [0.2, 0.25) is 5.91 Å². The van der Waals surface area contributed by atoms with E-state index in [1.165, 1.54) is 11.8 Å². The summed E-state index contributed by atoms with van der Waals surface area (Å²) in [6, 6.07) is 7.43. The number of rotatable bonds is 3. The third kappa shape index (κ3) is 3.64. The summed E-state index contributed by atoms with van der Waals surface area (Å²) >= 11 is 8.34. The fourth-order valence-electron chi connectivity index (χ4n) is 4.27. The number of nitrogens with zero attached hydrogens (tertiary/aromatic N) is 3. The molecule has 3 heterocycles. The number of piperazine rings is 1. The number of halogens is 1. The lowest BCUT2D eigenvalue weighted by atomic mass is 9.94. The van der Waals surface area contributed by atoms with E-state index in [1.807, 2.05) is 11.0 Å². The molecular formula is C22H22ClN5O2S. The van der Waals surface area contributed by atoms with Crippen LogP contribution in [0, 0.1) is 0 Å². The Morgan fingerprint density at radius 1 is 1.19 bits per heavy atom. The lowest BCUT2D eigenvalue weighted by Gasteiger charge is -2.27. The molecule has 1 aromatic carbocycles. The van der Waals surface area contributed by atoms with Crippen molar-refractivity contribution in [1.82, 2.24) is 20.0 Å². The Labute approximate surface area is 189 Å². The molecule has 0 unspecified atom stereocenters. The molecule has 3 aromatic rings. The highest BCUT2D eigenvalue weighted by Crippen LogP contribution is 2.41. The second-order valence-corrected chi connectivity index (χ2v) is 9.14. The van der Waals surface area contributed by atoms with Crippen molar-refractivity contribution < 1.29 is 9.59 Å². The lowest BCUT2D eigenvalue weighted by Crippen LogP contribution is -2.46. The van der Waals surface area contributed by atoms with Crippen LogP contribution in [0.3, 0.4) is 0 Å². The molecule has 5 rings (SSSR count). The van der Waals surface area contributed by atoms with Crippen molar-refractivity contribution in [3.05, 3.63) is 50.8 Å². The molecule has 0 atom stereocenters. The number of aromatic nitrogens is 2. The van der Waals surface area contributed by atoms with Crippen molar-refractivity contribution in [3.8, 4) is 16.9 Å². The normalized spacial score (nSPS) is 15.4. The first kappa shape index (κ1) is 20.2. The number of amides is 2. The van der Waals surface area contributed by atoms with Gasteiger partial charge in [-0.3, -0.25) is 9.59 Å². The van der Waals surface area contributed by atoms with Gasteiger partial charge in [0.05, 0.1) is 16.4 Å². The molecule has 1 aliphatic carbocycles. The third-order valence-electron chi connectivity index (χ3n) is 5.69. The second-order valence-electron chi connectivity index (χ2n) is 7.73. The predicted octanol–water partition coefficient (Wildman–Crippen LogP) is 3.36. The molecule has 0 bridgehead atoms. The zero-order valence-electron chi connectivity index (χ0n) is 17.1. The van der Waals surface area contributed by atoms with Crippen LogP contribution in [-0.2, 0) is 17.6 Å². The number of hydrogen-bond acceptors (Lipinski definition) is 5. The third-order valence-corrected chi connectivity index (χ3v) is 6.97. The van der Waals surface area contributed by atoms with E-state index in [0.29, 0.717) is 35.2 Å². The van der Waals surface area contributed by atoms with Crippen LogP contribution in [0.5, 0.6) is 0 Å². The first-order chi connectivity index (χ1) is 15.0. The number of benzene rings is 1. The molecule has 1 saturated heterocycles. The number of hydrogen-bond donors (Lipinski definition) is 2. The standard InChI is InChI=1S/C22H22ClN5O2S/c1-13(29)25-14-2-4-18(17(23)12-14)28-21-15-6-11-31-19(15)5-3-16(21)20(26-28)22(30)27-9-7-24-8-10-27/h2,4,6,11-12,24H,3,5,7-10H2,1H3,(H,25,29). The van der Waals surface area contributed by atoms with E-state index in [2.05, 4.69) is 22.1 Å². The molecule has 0 radical (unpaired) electrons. The largest absolute Gasteiger partial charge is 0.335 e. The van der Waals surface area contributed by atoms with Crippen molar-refractivity contribution in [1.29, 1.82) is 0 Å². The molecular weight excluding hydrogens is 434 g/mol. The van der Waals surface area contributed by atoms with Crippen LogP contribution in [0.25, 0.3) is 16.9 Å². The van der Waals surface area contributed by atoms with Crippen LogP contribution in [-0.4, -0.2) is 52.7 Å². The summed E-state index contributed by atoms with van der Waals surface area (Å²) in [7, 11) is 0. The molecule has 2 amide bonds. The summed E-state index contributed by atoms with van der Waals surface area (Å²) in [5.41, 5.74) is 4.85. The number of anilines is 1. The second kappa shape index (κ2) is 8.11. The van der Waals surface area contributed by atoms with Crippen LogP contribution in [0.4, 0.5) is 5.69 Å². The van der Waals surface area contributed by atoms with Gasteiger partial charge in [-0.1, -0.05) is 11.6 Å². The van der Waals surface area contributed by atoms with E-state index in [0.717, 1.165) is 42.8 Å². The number of aryl methyl sites for hydroxylation is 1. The molecule has 1 aliphatic heterocycles. The molecule has 0 saturated carbocycles. The number of carbonyl (C=O) groups excluding carboxylic acids is 2. The maximum Gasteiger partial charge on any atom is 0.274 e. The van der Waals surface area contributed by atoms with Gasteiger partial charge < -0.3 is 15.5 Å². The van der Waals surface area contributed by atoms with Crippen LogP contribution in [0.2, 0.25) is 5.02 Å². The Morgan fingerprint density at radius 3 is 2.74 bits per heavy atom. The average molecular weight is 456 g/mol. The van der Waals surface area contributed by atoms with E-state index >= 15 is 0 Å². The Balaban J connectivity index is 1.64. The van der Waals surface area contributed by atoms with Gasteiger partial charge in [0.25, 0.3) is 5.91 Å². The molecule has 2 N–H and O–H groups in total. The molecule has 0 spiro atoms. The molecule has 2 aromatic heterocycles. The van der Waals surface area contributed by atoms with Gasteiger partial charge in [-0.2, -0.15) is 5.10 Å². The monoisotopic (exact) mass is 455 g/mol. The van der Waals surface area contributed by atoms with Crippen molar-refractivity contribution in [2.45, 2.75) is 19.8 Å². The number of nitrogens with one attached hydrogen (secondary N) is 2. The van der Waals surface area contributed by atoms with Gasteiger partial charge in [0, 0.05) is 54.8 Å². The van der Waals surface area contributed by atoms with Gasteiger partial charge in [-0.15, -0.1) is 11.3 Å². The summed E-state index contributed by atoms with van der Waals surface area (Å²) in [5.74, 6) is -0.187. The molecule has 9 heteroatoms. The average Bonchev–Trinajstić information content (AvgIpc) is 3.38. The zero-order chi connectivity index (χ0) is 21.5. The predicted molar refractivity (Wildman–Crippen MR) is 122 cm³/mol. The van der Waals surface area contributed by atoms with Gasteiger partial charge in [-0.25, -0.2) is 4.68 Å². The molecule has 7 nitrogen and oxygen atoms in total. The topological polar surface area (TPSA) is 79.3 Å². The highest BCUT2D eigenvalue weighted by molar-refractivity contribution is 7.10. The van der Waals surface area contributed by atoms with Crippen molar-refractivity contribution in [3.63, 3.8) is 0 Å². The molecule has 1 fully saturated rings. The maximum absolute atomic E-state index is 13.4. The highest BCUT2D eigenvalue weighted by atomic mass is 35.5. The Morgan fingerprint density at radius 2 is 2.00 bits per heavy atom. The fourth-order valence-corrected chi connectivity index (χ4v) is 5.41. The summed E-state index contributed by atoms with van der Waals surface area (Å²) in [6.45, 7) is 4.39. The first-order valence-electron chi connectivity index (χ1n) is 10.3. The number of fused-ring (bicyclic) bond motifs is 3. The first-order valence-corrected chi connectivity index (χ1v) is 11.5. The summed E-state index contributed by atoms with van der Waals surface area (Å²) in [5, 5.41) is 13.4. The Bertz CT molecular complexity index is 1180. The quantitative estimate of drug-likeness (QED) is 0.634. The smallest absolute Gasteiger partial charge is 0.274 e. The van der Waals surface area contributed by atoms with E-state index in [1.54, 1.807) is 28.2 Å². The minimum atomic E-state index is -0.160. The Hall–Kier alpha value is -2.68. The van der Waals surface area contributed by atoms with Gasteiger partial charge >= 0.3 is 0 Å². The van der Waals surface area contributed by atoms with Crippen molar-refractivity contribution in [2.75, 3.05) is 31.5 Å². The number of carbonyl (C=O) groups is 2. The molecule has 2 aliphatic rings. The van der Waals surface area contributed by atoms with E-state index in [9.17, 15) is 9.59 Å². The molecule has 31 heavy (non-hydrogen) atoms. The Kier molecular flexibility index (Phi) is 5.29. The summed E-state index contributed by atoms with van der Waals surface area (Å²) in [6.07, 6.45) is 1.68. The van der Waals surface area contributed by atoms with Crippen LogP contribution < -0.4 is 10.6 Å². The van der Waals surface area contributed by atoms with Gasteiger partial charge in [0.1, 0.15) is 0 Å². The van der Waals surface area contributed by atoms with Gasteiger partial charge in [-0.05, 0) is 42.5 Å². The fraction of sp³-hybridized carbons (Fsp3) is 0.318. The highest BCUT2D eigenvalue weighted by Gasteiger charge is 2.32. The maximum atomic E-state index is 13.4. The summed E-state index contributed by atoms with van der Waals surface area (Å²) in [4.78, 5) is 27.9. The minimum Gasteiger partial charge on any atom is -0.335 e. The molecule has 160 valence electrons. The van der Waals surface area contributed by atoms with Crippen LogP contribution in [0.1, 0.15) is 27.9 Å². The van der Waals surface area contributed by atoms with Crippen molar-refractivity contribution >= 4 is 40.4 Å². The van der Waals surface area contributed by atoms with Crippen molar-refractivity contribution in [2.24, 2.45) is 0 Å². The minimum absolute atomic E-state index is 0.0267. The van der Waals surface area contributed by atoms with E-state index < -0.39 is 0 Å². The lowest BCUT2D eigenvalue weighted by molar-refractivity contribution is -0.114. The van der Waals surface area contributed by atoms with E-state index in [-0.39, 0.29) is 11.8 Å². The zero-order valence-corrected chi connectivity index (χ0v) is 18.6. The van der Waals surface area contributed by atoms with E-state index in [4.69, 9.17) is 16.7 Å².